The molecule has 0 saturated heterocycles. The van der Waals surface area contributed by atoms with E-state index in [1.54, 1.807) is 13.0 Å². The van der Waals surface area contributed by atoms with Crippen LogP contribution in [-0.2, 0) is 5.33 Å². The summed E-state index contributed by atoms with van der Waals surface area (Å²) < 4.78 is 5.37. The summed E-state index contributed by atoms with van der Waals surface area (Å²) >= 11 is 9.17. The van der Waals surface area contributed by atoms with Gasteiger partial charge in [0.2, 0.25) is 0 Å². The summed E-state index contributed by atoms with van der Waals surface area (Å²) in [5, 5.41) is 0.110. The van der Waals surface area contributed by atoms with Gasteiger partial charge in [-0.3, -0.25) is 4.79 Å². The zero-order valence-corrected chi connectivity index (χ0v) is 11.6. The van der Waals surface area contributed by atoms with Gasteiger partial charge in [-0.15, -0.1) is 11.6 Å². The van der Waals surface area contributed by atoms with Gasteiger partial charge < -0.3 is 4.74 Å². The summed E-state index contributed by atoms with van der Waals surface area (Å²) in [5.74, 6) is 0.630. The normalized spacial score (nSPS) is 12.2. The fraction of sp³-hybridized carbons (Fsp3) is 0.417. The Hall–Kier alpha value is -0.540. The van der Waals surface area contributed by atoms with Crippen LogP contribution in [0.4, 0.5) is 0 Å². The molecule has 0 aliphatic rings. The molecule has 1 aromatic carbocycles. The maximum atomic E-state index is 11.9. The van der Waals surface area contributed by atoms with E-state index in [4.69, 9.17) is 16.3 Å². The first kappa shape index (κ1) is 13.5. The van der Waals surface area contributed by atoms with Crippen molar-refractivity contribution >= 4 is 33.3 Å². The van der Waals surface area contributed by atoms with Crippen molar-refractivity contribution in [2.75, 3.05) is 6.61 Å². The molecule has 4 heteroatoms. The number of ketones is 1. The van der Waals surface area contributed by atoms with Crippen LogP contribution in [0.1, 0.15) is 29.8 Å². The Morgan fingerprint density at radius 2 is 2.25 bits per heavy atom. The van der Waals surface area contributed by atoms with Crippen LogP contribution in [0.25, 0.3) is 0 Å². The Morgan fingerprint density at radius 1 is 1.56 bits per heavy atom. The van der Waals surface area contributed by atoms with E-state index in [0.717, 1.165) is 5.56 Å². The summed E-state index contributed by atoms with van der Waals surface area (Å²) in [5.41, 5.74) is 1.56. The van der Waals surface area contributed by atoms with Crippen molar-refractivity contribution in [3.63, 3.8) is 0 Å². The quantitative estimate of drug-likeness (QED) is 0.611. The monoisotopic (exact) mass is 304 g/mol. The van der Waals surface area contributed by atoms with Gasteiger partial charge in [0.05, 0.1) is 12.0 Å². The highest BCUT2D eigenvalue weighted by atomic mass is 79.9. The molecule has 0 aromatic heterocycles. The maximum Gasteiger partial charge on any atom is 0.180 e. The molecule has 0 radical (unpaired) electrons. The van der Waals surface area contributed by atoms with Crippen LogP contribution < -0.4 is 4.74 Å². The Labute approximate surface area is 109 Å². The number of carbonyl (C=O) groups is 1. The summed E-state index contributed by atoms with van der Waals surface area (Å²) in [4.78, 5) is 11.9. The first-order chi connectivity index (χ1) is 7.60. The first-order valence-electron chi connectivity index (χ1n) is 5.10. The minimum atomic E-state index is -0.519. The molecule has 1 unspecified atom stereocenters. The fourth-order valence-corrected chi connectivity index (χ4v) is 1.98. The summed E-state index contributed by atoms with van der Waals surface area (Å²) in [7, 11) is 0. The van der Waals surface area contributed by atoms with Crippen molar-refractivity contribution < 1.29 is 9.53 Å². The van der Waals surface area contributed by atoms with E-state index < -0.39 is 5.38 Å². The van der Waals surface area contributed by atoms with Gasteiger partial charge >= 0.3 is 0 Å². The molecular formula is C12H14BrClO2. The van der Waals surface area contributed by atoms with Gasteiger partial charge in [-0.1, -0.05) is 22.0 Å². The van der Waals surface area contributed by atoms with Crippen molar-refractivity contribution in [1.82, 2.24) is 0 Å². The van der Waals surface area contributed by atoms with Gasteiger partial charge in [-0.25, -0.2) is 0 Å². The highest BCUT2D eigenvalue weighted by Gasteiger charge is 2.16. The molecule has 0 N–H and O–H groups in total. The smallest absolute Gasteiger partial charge is 0.180 e. The van der Waals surface area contributed by atoms with E-state index in [1.807, 2.05) is 19.1 Å². The summed E-state index contributed by atoms with van der Waals surface area (Å²) in [6, 6.07) is 5.49. The second-order valence-corrected chi connectivity index (χ2v) is 4.58. The Morgan fingerprint density at radius 3 is 2.75 bits per heavy atom. The SMILES string of the molecule is CCOc1ccc(CBr)c(C(=O)C(C)Cl)c1. The molecule has 0 bridgehead atoms. The number of rotatable bonds is 5. The lowest BCUT2D eigenvalue weighted by molar-refractivity contribution is 0.0990. The van der Waals surface area contributed by atoms with Gasteiger partial charge in [0.1, 0.15) is 5.75 Å². The Kier molecular flexibility index (Phi) is 5.29. The third kappa shape index (κ3) is 3.22. The molecule has 0 saturated carbocycles. The van der Waals surface area contributed by atoms with E-state index in [-0.39, 0.29) is 5.78 Å². The van der Waals surface area contributed by atoms with E-state index in [1.165, 1.54) is 0 Å². The predicted molar refractivity (Wildman–Crippen MR) is 69.9 cm³/mol. The minimum Gasteiger partial charge on any atom is -0.494 e. The molecule has 0 amide bonds. The van der Waals surface area contributed by atoms with Crippen molar-refractivity contribution in [3.8, 4) is 5.75 Å². The third-order valence-corrected chi connectivity index (χ3v) is 2.97. The zero-order chi connectivity index (χ0) is 12.1. The van der Waals surface area contributed by atoms with Crippen LogP contribution in [0.3, 0.4) is 0 Å². The first-order valence-corrected chi connectivity index (χ1v) is 6.66. The van der Waals surface area contributed by atoms with Crippen molar-refractivity contribution in [2.45, 2.75) is 24.6 Å². The number of Topliss-reactive ketones (excluding diaryl/α,β-unsaturated/α-hetero) is 1. The average molecular weight is 306 g/mol. The molecule has 0 spiro atoms. The Bertz CT molecular complexity index is 377. The molecule has 1 atom stereocenters. The highest BCUT2D eigenvalue weighted by molar-refractivity contribution is 9.08. The fourth-order valence-electron chi connectivity index (χ4n) is 1.37. The van der Waals surface area contributed by atoms with Crippen LogP contribution in [0.2, 0.25) is 0 Å². The zero-order valence-electron chi connectivity index (χ0n) is 9.30. The molecule has 0 aliphatic carbocycles. The van der Waals surface area contributed by atoms with Gasteiger partial charge in [-0.05, 0) is 31.5 Å². The average Bonchev–Trinajstić information content (AvgIpc) is 2.28. The standard InChI is InChI=1S/C12H14BrClO2/c1-3-16-10-5-4-9(7-13)11(6-10)12(15)8(2)14/h4-6,8H,3,7H2,1-2H3. The number of carbonyl (C=O) groups excluding carboxylic acids is 1. The van der Waals surface area contributed by atoms with Crippen molar-refractivity contribution in [2.24, 2.45) is 0 Å². The number of benzene rings is 1. The molecule has 0 fully saturated rings. The second-order valence-electron chi connectivity index (χ2n) is 3.37. The van der Waals surface area contributed by atoms with Gasteiger partial charge in [0.15, 0.2) is 5.78 Å². The number of hydrogen-bond donors (Lipinski definition) is 0. The van der Waals surface area contributed by atoms with E-state index in [9.17, 15) is 4.79 Å². The molecular weight excluding hydrogens is 291 g/mol. The van der Waals surface area contributed by atoms with E-state index in [2.05, 4.69) is 15.9 Å². The van der Waals surface area contributed by atoms with Crippen LogP contribution in [0, 0.1) is 0 Å². The second kappa shape index (κ2) is 6.26. The van der Waals surface area contributed by atoms with Gasteiger partial charge in [-0.2, -0.15) is 0 Å². The van der Waals surface area contributed by atoms with E-state index >= 15 is 0 Å². The Balaban J connectivity index is 3.11. The third-order valence-electron chi connectivity index (χ3n) is 2.16. The maximum absolute atomic E-state index is 11.9. The summed E-state index contributed by atoms with van der Waals surface area (Å²) in [6.45, 7) is 4.16. The van der Waals surface area contributed by atoms with Crippen LogP contribution in [0.15, 0.2) is 18.2 Å². The largest absolute Gasteiger partial charge is 0.494 e. The van der Waals surface area contributed by atoms with Gasteiger partial charge in [0, 0.05) is 10.9 Å². The van der Waals surface area contributed by atoms with Gasteiger partial charge in [0.25, 0.3) is 0 Å². The molecule has 88 valence electrons. The lowest BCUT2D eigenvalue weighted by Gasteiger charge is -2.10. The molecule has 1 rings (SSSR count). The summed E-state index contributed by atoms with van der Waals surface area (Å²) in [6.07, 6.45) is 0. The minimum absolute atomic E-state index is 0.0716. The molecule has 0 aliphatic heterocycles. The van der Waals surface area contributed by atoms with E-state index in [0.29, 0.717) is 23.2 Å². The molecule has 0 heterocycles. The topological polar surface area (TPSA) is 26.3 Å². The van der Waals surface area contributed by atoms with Crippen LogP contribution in [-0.4, -0.2) is 17.8 Å². The van der Waals surface area contributed by atoms with Crippen molar-refractivity contribution in [3.05, 3.63) is 29.3 Å². The molecule has 1 aromatic rings. The number of hydrogen-bond acceptors (Lipinski definition) is 2. The highest BCUT2D eigenvalue weighted by Crippen LogP contribution is 2.22. The van der Waals surface area contributed by atoms with Crippen LogP contribution in [0.5, 0.6) is 5.75 Å². The number of alkyl halides is 2. The number of ether oxygens (including phenoxy) is 1. The van der Waals surface area contributed by atoms with Crippen LogP contribution >= 0.6 is 27.5 Å². The lowest BCUT2D eigenvalue weighted by Crippen LogP contribution is -2.13. The number of halogens is 2. The predicted octanol–water partition coefficient (Wildman–Crippen LogP) is 3.79. The lowest BCUT2D eigenvalue weighted by atomic mass is 10.0. The molecule has 2 nitrogen and oxygen atoms in total. The molecule has 16 heavy (non-hydrogen) atoms. The van der Waals surface area contributed by atoms with Crippen molar-refractivity contribution in [1.29, 1.82) is 0 Å².